The number of aromatic nitrogens is 12. The highest BCUT2D eigenvalue weighted by Gasteiger charge is 2.33. The van der Waals surface area contributed by atoms with Gasteiger partial charge in [0.1, 0.15) is 86.2 Å². The Morgan fingerprint density at radius 1 is 0.457 bits per heavy atom. The maximum atomic E-state index is 12.6. The molecule has 4 fully saturated rings. The third-order valence-electron chi connectivity index (χ3n) is 19.9. The second-order valence-electron chi connectivity index (χ2n) is 31.2. The quantitative estimate of drug-likeness (QED) is 0.0379. The number of aliphatic carboxylic acids is 1. The zero-order valence-electron chi connectivity index (χ0n) is 71.7. The smallest absolute Gasteiger partial charge is 0.410 e. The van der Waals surface area contributed by atoms with E-state index in [9.17, 15) is 43.5 Å². The van der Waals surface area contributed by atoms with Crippen molar-refractivity contribution >= 4 is 172 Å². The molecule has 0 aromatic carbocycles. The molecule has 0 radical (unpaired) electrons. The van der Waals surface area contributed by atoms with Crippen LogP contribution in [0.4, 0.5) is 32.3 Å². The van der Waals surface area contributed by atoms with Crippen LogP contribution in [0.1, 0.15) is 144 Å². The highest BCUT2D eigenvalue weighted by atomic mass is 35.5. The molecule has 12 aromatic heterocycles. The molecule has 4 atom stereocenters. The summed E-state index contributed by atoms with van der Waals surface area (Å²) < 4.78 is 11.1. The van der Waals surface area contributed by atoms with E-state index < -0.39 is 29.6 Å². The van der Waals surface area contributed by atoms with Crippen LogP contribution >= 0.6 is 57.8 Å². The van der Waals surface area contributed by atoms with Crippen LogP contribution in [0.2, 0.25) is 0 Å². The number of carbonyl (C=O) groups is 8. The molecule has 0 spiro atoms. The van der Waals surface area contributed by atoms with Crippen LogP contribution < -0.4 is 48.3 Å². The molecule has 16 heterocycles. The first kappa shape index (κ1) is 96.2. The van der Waals surface area contributed by atoms with Crippen molar-refractivity contribution in [3.05, 3.63) is 118 Å². The van der Waals surface area contributed by atoms with Crippen molar-refractivity contribution in [1.29, 1.82) is 10.5 Å². The van der Waals surface area contributed by atoms with Crippen LogP contribution in [0.15, 0.2) is 98.6 Å². The fourth-order valence-corrected chi connectivity index (χ4v) is 17.6. The van der Waals surface area contributed by atoms with Crippen molar-refractivity contribution in [2.75, 3.05) is 102 Å². The monoisotopic (exact) mass is 1830 g/mol. The van der Waals surface area contributed by atoms with Gasteiger partial charge in [-0.2, -0.15) is 10.5 Å². The highest BCUT2D eigenvalue weighted by molar-refractivity contribution is 7.18. The number of carboxylic acids is 2. The molecular formula is C84H103ClN26O12S4. The van der Waals surface area contributed by atoms with E-state index >= 15 is 0 Å². The van der Waals surface area contributed by atoms with Gasteiger partial charge in [-0.25, -0.2) is 54.3 Å². The molecule has 38 nitrogen and oxygen atoms in total. The predicted molar refractivity (Wildman–Crippen MR) is 493 cm³/mol. The zero-order valence-corrected chi connectivity index (χ0v) is 75.8. The first-order valence-electron chi connectivity index (χ1n) is 40.7. The minimum Gasteiger partial charge on any atom is -0.480 e. The average molecular weight is 1830 g/mol. The second kappa shape index (κ2) is 44.8. The van der Waals surface area contributed by atoms with Crippen LogP contribution in [-0.2, 0) is 19.1 Å². The molecule has 4 saturated heterocycles. The normalized spacial score (nSPS) is 16.0. The van der Waals surface area contributed by atoms with Crippen LogP contribution in [-0.4, -0.2) is 248 Å². The summed E-state index contributed by atoms with van der Waals surface area (Å²) in [7, 11) is 6.31. The van der Waals surface area contributed by atoms with Gasteiger partial charge in [0.25, 0.3) is 17.7 Å². The summed E-state index contributed by atoms with van der Waals surface area (Å²) >= 11 is 5.11. The molecule has 12 aromatic rings. The number of hydrogen-bond acceptors (Lipinski definition) is 30. The Morgan fingerprint density at radius 2 is 0.764 bits per heavy atom. The minimum atomic E-state index is -1.07. The van der Waals surface area contributed by atoms with Gasteiger partial charge >= 0.3 is 24.1 Å². The van der Waals surface area contributed by atoms with Crippen molar-refractivity contribution < 1.29 is 58.0 Å². The molecule has 0 unspecified atom stereocenters. The summed E-state index contributed by atoms with van der Waals surface area (Å²) in [4.78, 5) is 149. The Labute approximate surface area is 753 Å². The van der Waals surface area contributed by atoms with E-state index in [1.54, 1.807) is 73.0 Å². The van der Waals surface area contributed by atoms with E-state index in [1.807, 2.05) is 103 Å². The van der Waals surface area contributed by atoms with Gasteiger partial charge in [0.15, 0.2) is 0 Å². The SMILES string of the molecule is CC(C)(C)OC(=O)N1CCC[C@@H](Nc2c(-c3ncc(C(=O)O)s3)cnc3[nH]ccc23)C1.CN.CNC(=O)c1cnc(-c2cnc3[nH]ccc3c2N[C@@H]2CCCN(C(=O)CC#N)C2)s1.CNC(=O)c1cnc(-c2cnc3[nH]ccc3c2N[C@@H]2CCCN(C(=O)OC(C)(C)C)C2)s1.CNC(=O)c1cnc(-c2cnc3[nH]ccc3c2N[C@@H]2CCCNC2)s1.Cl.N#CCC(=O)O. The topological polar surface area (TPSA) is 541 Å². The maximum Gasteiger partial charge on any atom is 0.410 e. The summed E-state index contributed by atoms with van der Waals surface area (Å²) in [5.74, 6) is -2.68. The largest absolute Gasteiger partial charge is 0.480 e. The molecule has 43 heteroatoms. The van der Waals surface area contributed by atoms with E-state index in [-0.39, 0.29) is 77.6 Å². The number of nitrogens with two attached hydrogens (primary N) is 1. The van der Waals surface area contributed by atoms with Crippen molar-refractivity contribution in [3.63, 3.8) is 0 Å². The first-order valence-corrected chi connectivity index (χ1v) is 44.0. The van der Waals surface area contributed by atoms with E-state index in [2.05, 4.69) is 108 Å². The number of nitrogens with zero attached hydrogens (tertiary/aromatic N) is 13. The fraction of sp³-hybridized carbons (Fsp3) is 0.405. The summed E-state index contributed by atoms with van der Waals surface area (Å²) in [6.07, 6.45) is 27.0. The molecule has 0 saturated carbocycles. The molecule has 672 valence electrons. The van der Waals surface area contributed by atoms with Gasteiger partial charge in [-0.15, -0.1) is 57.8 Å². The number of halogens is 1. The van der Waals surface area contributed by atoms with Crippen molar-refractivity contribution in [1.82, 2.24) is 95.8 Å². The Morgan fingerprint density at radius 3 is 1.05 bits per heavy atom. The Bertz CT molecular complexity index is 5900. The van der Waals surface area contributed by atoms with Gasteiger partial charge < -0.3 is 103 Å². The lowest BCUT2D eigenvalue weighted by molar-refractivity contribution is -0.136. The molecule has 6 amide bonds. The zero-order chi connectivity index (χ0) is 90.4. The second-order valence-corrected chi connectivity index (χ2v) is 35.3. The molecular weight excluding hydrogens is 1730 g/mol. The Balaban J connectivity index is 0.000000171. The van der Waals surface area contributed by atoms with Gasteiger partial charge in [-0.05, 0) is 131 Å². The van der Waals surface area contributed by atoms with Gasteiger partial charge in [0.2, 0.25) is 5.91 Å². The molecule has 4 aliphatic rings. The number of amides is 6. The average Bonchev–Trinajstić information content (AvgIpc) is 1.69. The van der Waals surface area contributed by atoms with E-state index in [1.165, 1.54) is 53.3 Å². The number of carboxylic acid groups (broad SMARTS) is 2. The summed E-state index contributed by atoms with van der Waals surface area (Å²) in [5.41, 5.74) is 13.4. The number of ether oxygens (including phenoxy) is 2. The molecule has 127 heavy (non-hydrogen) atoms. The van der Waals surface area contributed by atoms with Crippen LogP contribution in [0.3, 0.4) is 0 Å². The molecule has 16 rings (SSSR count). The molecule has 0 bridgehead atoms. The van der Waals surface area contributed by atoms with Gasteiger partial charge in [-0.3, -0.25) is 24.0 Å². The number of rotatable bonds is 18. The lowest BCUT2D eigenvalue weighted by Gasteiger charge is -2.35. The van der Waals surface area contributed by atoms with Crippen molar-refractivity contribution in [3.8, 4) is 54.4 Å². The number of H-pyrrole nitrogens is 4. The highest BCUT2D eigenvalue weighted by Crippen LogP contribution is 2.42. The Hall–Kier alpha value is -13.0. The van der Waals surface area contributed by atoms with E-state index in [0.29, 0.717) is 75.0 Å². The van der Waals surface area contributed by atoms with Crippen molar-refractivity contribution in [2.24, 2.45) is 5.73 Å². The number of aromatic carboxylic acids is 1. The number of carbonyl (C=O) groups excluding carboxylic acids is 6. The van der Waals surface area contributed by atoms with E-state index in [0.717, 1.165) is 170 Å². The van der Waals surface area contributed by atoms with Crippen LogP contribution in [0.25, 0.3) is 86.4 Å². The fourth-order valence-electron chi connectivity index (χ4n) is 14.2. The predicted octanol–water partition coefficient (Wildman–Crippen LogP) is 12.6. The molecule has 4 aliphatic heterocycles. The minimum absolute atomic E-state index is 0. The van der Waals surface area contributed by atoms with Crippen LogP contribution in [0, 0.1) is 22.7 Å². The van der Waals surface area contributed by atoms with Gasteiger partial charge in [0.05, 0.1) is 81.9 Å². The third-order valence-corrected chi connectivity index (χ3v) is 24.0. The number of fused-ring (bicyclic) bond motifs is 4. The number of nitrogens with one attached hydrogen (secondary N) is 12. The van der Waals surface area contributed by atoms with Gasteiger partial charge in [-0.1, -0.05) is 0 Å². The number of likely N-dealkylation sites (tertiary alicyclic amines) is 3. The molecule has 0 aliphatic carbocycles. The van der Waals surface area contributed by atoms with E-state index in [4.69, 9.17) is 25.1 Å². The number of thiazole rings is 4. The standard InChI is InChI=1S/C22H28N6O3S.C21H25N5O4S.C20H21N7O2S.C17H20N6OS.C3H3NO2.CH5N.ClH/c1-22(2,3)31-21(30)28-9-5-6-13(12-28)27-17-14-7-8-24-18(14)25-10-15(17)20-26-11-16(32-20)19(29)23-4;1-21(2,3)30-20(29)26-8-4-5-12(11-26)25-16-13-6-7-22-17(13)23-9-14(16)18-24-10-15(31-18)19(27)28;1-22-19(29)15-10-25-20(30-15)14-9-24-18-13(5-7-23-18)17(14)26-12-3-2-8-27(11-12)16(28)4-6-21;1-18-16(24)13-9-22-17(25-13)12-8-21-15-11(4-6-20-15)14(12)23-10-3-2-5-19-7-10;4-2-1-3(5)6;1-2;/h7-8,10-11,13H,5-6,9,12H2,1-4H3,(H,23,29)(H2,24,25,27);6-7,9-10,12H,4-5,8,11H2,1-3H3,(H,27,28)(H2,22,23,25);5,7,9-10,12H,2-4,8,11H2,1H3,(H,22,29)(H2,23,24,26);4,6,8-10,19H,2-3,5,7H2,1H3,(H,18,24)(H2,20,21,23);1H2,(H,5,6);2H2,1H3;1H/t13-;2*12-;10-;;;/m1111.../s1. The first-order chi connectivity index (χ1) is 60.6. The molecule has 16 N–H and O–H groups in total. The summed E-state index contributed by atoms with van der Waals surface area (Å²) in [6, 6.07) is 11.7. The summed E-state index contributed by atoms with van der Waals surface area (Å²) in [6.45, 7) is 16.8. The number of hydrogen-bond donors (Lipinski definition) is 15. The Kier molecular flexibility index (Phi) is 33.9. The number of piperidine rings is 4. The third kappa shape index (κ3) is 25.2. The summed E-state index contributed by atoms with van der Waals surface area (Å²) in [5, 5.41) is 65.7. The number of nitriles is 2. The maximum absolute atomic E-state index is 12.6. The lowest BCUT2D eigenvalue weighted by Crippen LogP contribution is -2.47. The van der Waals surface area contributed by atoms with Gasteiger partial charge in [0, 0.05) is 162 Å². The van der Waals surface area contributed by atoms with Crippen molar-refractivity contribution in [2.45, 2.75) is 141 Å². The number of aromatic amines is 4. The lowest BCUT2D eigenvalue weighted by atomic mass is 10.0. The van der Waals surface area contributed by atoms with Crippen LogP contribution in [0.5, 0.6) is 0 Å². The number of anilines is 4. The number of pyridine rings is 4.